The molecule has 0 aliphatic carbocycles. The van der Waals surface area contributed by atoms with Crippen LogP contribution in [-0.4, -0.2) is 78.4 Å². The van der Waals surface area contributed by atoms with E-state index in [-0.39, 0.29) is 94.7 Å². The van der Waals surface area contributed by atoms with Crippen molar-refractivity contribution in [2.24, 2.45) is 0 Å². The van der Waals surface area contributed by atoms with Crippen molar-refractivity contribution in [2.45, 2.75) is 0 Å². The number of benzene rings is 1. The van der Waals surface area contributed by atoms with Gasteiger partial charge in [0.05, 0.1) is 0 Å². The number of nitrogens with zero attached hydrogens (tertiary/aromatic N) is 3. The zero-order valence-corrected chi connectivity index (χ0v) is 19.0. The van der Waals surface area contributed by atoms with Gasteiger partial charge in [-0.3, -0.25) is 0 Å². The minimum absolute atomic E-state index is 0. The van der Waals surface area contributed by atoms with E-state index in [1.54, 1.807) is 0 Å². The fourth-order valence-electron chi connectivity index (χ4n) is 1.32. The summed E-state index contributed by atoms with van der Waals surface area (Å²) in [6.45, 7) is 0. The smallest absolute Gasteiger partial charge is 0.412 e. The van der Waals surface area contributed by atoms with Crippen LogP contribution in [0.2, 0.25) is 0 Å². The first-order valence-electron chi connectivity index (χ1n) is 5.01. The van der Waals surface area contributed by atoms with E-state index in [2.05, 4.69) is 20.3 Å². The van der Waals surface area contributed by atoms with Gasteiger partial charge >= 0.3 is 142 Å². The Balaban J connectivity index is -0.0000000741. The number of rotatable bonds is 3. The van der Waals surface area contributed by atoms with Gasteiger partial charge in [-0.25, -0.2) is 0 Å². The van der Waals surface area contributed by atoms with Crippen LogP contribution in [0.4, 0.5) is 23.5 Å². The van der Waals surface area contributed by atoms with E-state index in [0.29, 0.717) is 5.69 Å². The van der Waals surface area contributed by atoms with Crippen molar-refractivity contribution >= 4 is 46.7 Å². The Morgan fingerprint density at radius 1 is 0.750 bits per heavy atom. The van der Waals surface area contributed by atoms with Crippen LogP contribution >= 0.6 is 0 Å². The molecule has 0 bridgehead atoms. The molecule has 1 aromatic heterocycles. The third-order valence-corrected chi connectivity index (χ3v) is 4.77. The SMILES string of the molecule is Nc1nc(N)nc(Nc2cc[c]([Sb](=[O])([O-])[O-])cc2)n1.O.O.O.O.O.O.O.O.[Na+]. The summed E-state index contributed by atoms with van der Waals surface area (Å²) in [5.74, 6) is 0.0398. The van der Waals surface area contributed by atoms with Gasteiger partial charge in [0.15, 0.2) is 0 Å². The molecule has 0 atom stereocenters. The van der Waals surface area contributed by atoms with E-state index in [1.807, 2.05) is 0 Å². The zero-order valence-electron chi connectivity index (χ0n) is 14.5. The largest absolute Gasteiger partial charge is 1.00 e. The van der Waals surface area contributed by atoms with E-state index in [4.69, 9.17) is 11.5 Å². The normalized spacial score (nSPS) is 7.64. The molecule has 28 heavy (non-hydrogen) atoms. The molecule has 0 aliphatic heterocycles. The van der Waals surface area contributed by atoms with E-state index >= 15 is 0 Å². The van der Waals surface area contributed by atoms with Crippen LogP contribution in [0.25, 0.3) is 0 Å². The Kier molecular flexibility index (Phi) is 37.1. The van der Waals surface area contributed by atoms with Crippen LogP contribution in [-0.2, 0) is 3.02 Å². The first kappa shape index (κ1) is 50.5. The maximum Gasteiger partial charge on any atom is 1.00 e. The standard InChI is InChI=1S/C9H9N6.Na.8H2O.3O.Sb/c10-7-13-8(11)15-9(14-7)12-6-4-2-1-3-5-6;;;;;;;;;;;;;/h2-5H,(H5,10,11,12,13,14,15);;8*1H2;;;;/q;+1;;;;;;;;;;2*-1;. The number of nitrogens with two attached hydrogens (primary N) is 2. The van der Waals surface area contributed by atoms with Gasteiger partial charge in [0.1, 0.15) is 0 Å². The third kappa shape index (κ3) is 14.9. The minimum Gasteiger partial charge on any atom is -0.412 e. The van der Waals surface area contributed by atoms with E-state index in [9.17, 15) is 9.79 Å². The molecule has 17 nitrogen and oxygen atoms in total. The molecule has 0 saturated heterocycles. The van der Waals surface area contributed by atoms with Gasteiger partial charge in [-0.05, 0) is 0 Å². The molecular formula is C9H25N6NaO11Sb-. The Bertz CT molecular complexity index is 641. The molecule has 2 rings (SSSR count). The van der Waals surface area contributed by atoms with Gasteiger partial charge in [-0.2, -0.15) is 0 Å². The van der Waals surface area contributed by atoms with Crippen LogP contribution in [0.15, 0.2) is 24.3 Å². The van der Waals surface area contributed by atoms with E-state index < -0.39 is 19.6 Å². The fourth-order valence-corrected chi connectivity index (χ4v) is 2.79. The molecule has 0 amide bonds. The molecule has 0 unspecified atom stereocenters. The van der Waals surface area contributed by atoms with Gasteiger partial charge in [-0.15, -0.1) is 0 Å². The van der Waals surface area contributed by atoms with Crippen molar-refractivity contribution in [2.75, 3.05) is 16.8 Å². The Morgan fingerprint density at radius 3 is 1.43 bits per heavy atom. The second kappa shape index (κ2) is 20.6. The topological polar surface area (TPSA) is 418 Å². The number of hydrogen-bond donors (Lipinski definition) is 3. The maximum absolute atomic E-state index is 10.9. The van der Waals surface area contributed by atoms with Crippen molar-refractivity contribution in [1.82, 2.24) is 15.0 Å². The Morgan fingerprint density at radius 2 is 1.11 bits per heavy atom. The monoisotopic (exact) mass is 537 g/mol. The summed E-state index contributed by atoms with van der Waals surface area (Å²) in [5, 5.41) is 2.76. The number of nitrogens with one attached hydrogen (secondary N) is 1. The minimum atomic E-state index is -5.64. The van der Waals surface area contributed by atoms with E-state index in [1.165, 1.54) is 24.3 Å². The first-order chi connectivity index (χ1) is 8.84. The number of anilines is 4. The van der Waals surface area contributed by atoms with Crippen molar-refractivity contribution in [1.29, 1.82) is 0 Å². The van der Waals surface area contributed by atoms with Crippen LogP contribution < -0.4 is 56.6 Å². The molecule has 0 saturated carbocycles. The average molecular weight is 538 g/mol. The number of nitrogen functional groups attached to an aromatic ring is 2. The molecule has 19 heteroatoms. The number of hydrogen-bond acceptors (Lipinski definition) is 9. The second-order valence-electron chi connectivity index (χ2n) is 3.54. The first-order valence-corrected chi connectivity index (χ1v) is 9.41. The summed E-state index contributed by atoms with van der Waals surface area (Å²) in [7, 11) is 0. The quantitative estimate of drug-likeness (QED) is 0.312. The maximum atomic E-state index is 10.9. The molecule has 0 aliphatic rings. The van der Waals surface area contributed by atoms with Crippen LogP contribution in [0.5, 0.6) is 0 Å². The molecule has 0 spiro atoms. The van der Waals surface area contributed by atoms with Crippen molar-refractivity contribution in [3.63, 3.8) is 0 Å². The zero-order chi connectivity index (χ0) is 14.0. The van der Waals surface area contributed by atoms with Crippen molar-refractivity contribution in [3.05, 3.63) is 24.3 Å². The molecule has 0 radical (unpaired) electrons. The van der Waals surface area contributed by atoms with Crippen LogP contribution in [0.1, 0.15) is 0 Å². The summed E-state index contributed by atoms with van der Waals surface area (Å²) < 4.78 is 32.4. The Labute approximate surface area is 185 Å². The molecular weight excluding hydrogens is 513 g/mol. The fraction of sp³-hybridized carbons (Fsp3) is 0. The number of aromatic nitrogens is 3. The van der Waals surface area contributed by atoms with Gasteiger partial charge in [0.25, 0.3) is 0 Å². The summed E-state index contributed by atoms with van der Waals surface area (Å²) >= 11 is -5.64. The van der Waals surface area contributed by atoms with Crippen LogP contribution in [0, 0.1) is 0 Å². The summed E-state index contributed by atoms with van der Waals surface area (Å²) in [5.41, 5.74) is 11.3. The third-order valence-electron chi connectivity index (χ3n) is 2.11. The molecule has 1 heterocycles. The summed E-state index contributed by atoms with van der Waals surface area (Å²) in [6, 6.07) is 5.27. The summed E-state index contributed by atoms with van der Waals surface area (Å²) in [6.07, 6.45) is 0. The van der Waals surface area contributed by atoms with Gasteiger partial charge in [0, 0.05) is 0 Å². The second-order valence-corrected chi connectivity index (χ2v) is 7.86. The van der Waals surface area contributed by atoms with Crippen molar-refractivity contribution in [3.8, 4) is 0 Å². The molecule has 1 aromatic carbocycles. The van der Waals surface area contributed by atoms with Gasteiger partial charge < -0.3 is 43.8 Å². The molecule has 2 aromatic rings. The van der Waals surface area contributed by atoms with Crippen molar-refractivity contribution < 1.29 is 83.2 Å². The predicted molar refractivity (Wildman–Crippen MR) is 93.4 cm³/mol. The Hall–Kier alpha value is -1.15. The van der Waals surface area contributed by atoms with Gasteiger partial charge in [0.2, 0.25) is 0 Å². The predicted octanol–water partition coefficient (Wildman–Crippen LogP) is -12.5. The molecule has 0 fully saturated rings. The molecule has 21 N–H and O–H groups in total. The van der Waals surface area contributed by atoms with Gasteiger partial charge in [-0.1, -0.05) is 0 Å². The molecule has 164 valence electrons. The average Bonchev–Trinajstić information content (AvgIpc) is 2.26. The van der Waals surface area contributed by atoms with Crippen LogP contribution in [0.3, 0.4) is 0 Å². The summed E-state index contributed by atoms with van der Waals surface area (Å²) in [4.78, 5) is 11.2. The van der Waals surface area contributed by atoms with E-state index in [0.717, 1.165) is 0 Å².